The maximum absolute atomic E-state index is 5.39. The lowest BCUT2D eigenvalue weighted by molar-refractivity contribution is -0.480. The summed E-state index contributed by atoms with van der Waals surface area (Å²) in [4.78, 5) is 10.3. The molecule has 0 aromatic carbocycles. The molecule has 0 N–H and O–H groups in total. The lowest BCUT2D eigenvalue weighted by atomic mass is 9.61. The van der Waals surface area contributed by atoms with Crippen LogP contribution in [0.25, 0.3) is 0 Å². The van der Waals surface area contributed by atoms with Gasteiger partial charge in [-0.15, -0.1) is 0 Å². The van der Waals surface area contributed by atoms with Gasteiger partial charge in [0.1, 0.15) is 12.2 Å². The van der Waals surface area contributed by atoms with Gasteiger partial charge in [0.2, 0.25) is 0 Å². The van der Waals surface area contributed by atoms with E-state index >= 15 is 0 Å². The standard InChI is InChI=1S/C10H18O3/c1-8-5-4-6-9(2,3)10(8)7-11-13-12-10/h8H,4-7H2,1-3H3. The Morgan fingerprint density at radius 1 is 1.31 bits per heavy atom. The molecule has 2 atom stereocenters. The largest absolute Gasteiger partial charge is 0.203 e. The molecule has 76 valence electrons. The summed E-state index contributed by atoms with van der Waals surface area (Å²) in [7, 11) is 0. The molecule has 1 saturated heterocycles. The normalized spacial score (nSPS) is 44.1. The third-order valence-electron chi connectivity index (χ3n) is 3.88. The first kappa shape index (κ1) is 9.44. The van der Waals surface area contributed by atoms with Crippen molar-refractivity contribution in [3.63, 3.8) is 0 Å². The predicted octanol–water partition coefficient (Wildman–Crippen LogP) is 2.46. The van der Waals surface area contributed by atoms with Crippen molar-refractivity contribution < 1.29 is 14.8 Å². The molecule has 3 heteroatoms. The van der Waals surface area contributed by atoms with E-state index in [1.165, 1.54) is 19.3 Å². The molecular weight excluding hydrogens is 168 g/mol. The number of hydrogen-bond acceptors (Lipinski definition) is 3. The Hall–Kier alpha value is -0.120. The molecule has 0 aromatic rings. The average molecular weight is 186 g/mol. The first-order valence-electron chi connectivity index (χ1n) is 5.06. The van der Waals surface area contributed by atoms with Gasteiger partial charge in [-0.05, 0) is 24.2 Å². The molecule has 1 saturated carbocycles. The molecule has 2 rings (SSSR count). The monoisotopic (exact) mass is 186 g/mol. The van der Waals surface area contributed by atoms with E-state index in [2.05, 4.69) is 25.8 Å². The van der Waals surface area contributed by atoms with E-state index in [0.717, 1.165) is 0 Å². The Morgan fingerprint density at radius 2 is 2.08 bits per heavy atom. The van der Waals surface area contributed by atoms with E-state index in [-0.39, 0.29) is 11.0 Å². The van der Waals surface area contributed by atoms with E-state index < -0.39 is 0 Å². The zero-order valence-electron chi connectivity index (χ0n) is 8.63. The van der Waals surface area contributed by atoms with Gasteiger partial charge in [-0.3, -0.25) is 0 Å². The van der Waals surface area contributed by atoms with Crippen LogP contribution in [0.4, 0.5) is 0 Å². The van der Waals surface area contributed by atoms with Crippen molar-refractivity contribution in [2.45, 2.75) is 45.6 Å². The van der Waals surface area contributed by atoms with E-state index in [0.29, 0.717) is 12.5 Å². The molecule has 2 unspecified atom stereocenters. The fourth-order valence-corrected chi connectivity index (χ4v) is 2.71. The Kier molecular flexibility index (Phi) is 2.13. The summed E-state index contributed by atoms with van der Waals surface area (Å²) in [6.07, 6.45) is 3.67. The van der Waals surface area contributed by atoms with Gasteiger partial charge in [0.15, 0.2) is 0 Å². The van der Waals surface area contributed by atoms with Crippen molar-refractivity contribution in [2.24, 2.45) is 11.3 Å². The van der Waals surface area contributed by atoms with Gasteiger partial charge in [0.05, 0.1) is 0 Å². The second-order valence-corrected chi connectivity index (χ2v) is 4.98. The maximum Gasteiger partial charge on any atom is 0.141 e. The van der Waals surface area contributed by atoms with Crippen LogP contribution in [0.5, 0.6) is 0 Å². The lowest BCUT2D eigenvalue weighted by Gasteiger charge is -2.47. The zero-order chi connectivity index (χ0) is 9.53. The molecule has 0 aromatic heterocycles. The van der Waals surface area contributed by atoms with Gasteiger partial charge < -0.3 is 0 Å². The Labute approximate surface area is 79.2 Å². The summed E-state index contributed by atoms with van der Waals surface area (Å²) in [5.74, 6) is 0.513. The van der Waals surface area contributed by atoms with E-state index in [9.17, 15) is 0 Å². The van der Waals surface area contributed by atoms with Gasteiger partial charge >= 0.3 is 0 Å². The first-order chi connectivity index (χ1) is 6.08. The average Bonchev–Trinajstić information content (AvgIpc) is 2.50. The van der Waals surface area contributed by atoms with Crippen molar-refractivity contribution >= 4 is 0 Å². The Bertz CT molecular complexity index is 194. The molecular formula is C10H18O3. The second kappa shape index (κ2) is 2.94. The van der Waals surface area contributed by atoms with Crippen molar-refractivity contribution in [2.75, 3.05) is 6.61 Å². The van der Waals surface area contributed by atoms with Gasteiger partial charge in [0.25, 0.3) is 0 Å². The summed E-state index contributed by atoms with van der Waals surface area (Å²) in [5.41, 5.74) is -0.0631. The van der Waals surface area contributed by atoms with Crippen molar-refractivity contribution in [1.29, 1.82) is 0 Å². The van der Waals surface area contributed by atoms with Crippen LogP contribution in [-0.2, 0) is 14.8 Å². The van der Waals surface area contributed by atoms with Crippen LogP contribution >= 0.6 is 0 Å². The first-order valence-corrected chi connectivity index (χ1v) is 5.06. The highest BCUT2D eigenvalue weighted by Gasteiger charge is 2.56. The topological polar surface area (TPSA) is 27.7 Å². The third-order valence-corrected chi connectivity index (χ3v) is 3.88. The quantitative estimate of drug-likeness (QED) is 0.544. The third kappa shape index (κ3) is 1.22. The van der Waals surface area contributed by atoms with Gasteiger partial charge in [-0.2, -0.15) is 4.89 Å². The molecule has 1 spiro atoms. The van der Waals surface area contributed by atoms with Crippen molar-refractivity contribution in [3.8, 4) is 0 Å². The van der Waals surface area contributed by atoms with E-state index in [1.807, 2.05) is 0 Å². The van der Waals surface area contributed by atoms with Crippen LogP contribution in [-0.4, -0.2) is 12.2 Å². The summed E-state index contributed by atoms with van der Waals surface area (Å²) in [5, 5.41) is 4.64. The lowest BCUT2D eigenvalue weighted by Crippen LogP contribution is -2.54. The molecule has 2 fully saturated rings. The van der Waals surface area contributed by atoms with Crippen molar-refractivity contribution in [1.82, 2.24) is 0 Å². The molecule has 13 heavy (non-hydrogen) atoms. The van der Waals surface area contributed by atoms with Crippen LogP contribution in [0.15, 0.2) is 0 Å². The van der Waals surface area contributed by atoms with Crippen LogP contribution in [0.2, 0.25) is 0 Å². The molecule has 0 amide bonds. The van der Waals surface area contributed by atoms with Crippen LogP contribution in [0, 0.1) is 11.3 Å². The molecule has 1 aliphatic carbocycles. The predicted molar refractivity (Wildman–Crippen MR) is 47.6 cm³/mol. The van der Waals surface area contributed by atoms with Gasteiger partial charge in [0, 0.05) is 0 Å². The zero-order valence-corrected chi connectivity index (χ0v) is 8.63. The minimum absolute atomic E-state index is 0.154. The van der Waals surface area contributed by atoms with Crippen molar-refractivity contribution in [3.05, 3.63) is 0 Å². The minimum atomic E-state index is -0.217. The minimum Gasteiger partial charge on any atom is -0.203 e. The molecule has 1 heterocycles. The SMILES string of the molecule is CC1CCCC(C)(C)C12COOO2. The Balaban J connectivity index is 2.27. The van der Waals surface area contributed by atoms with E-state index in [1.54, 1.807) is 0 Å². The molecule has 0 bridgehead atoms. The molecule has 2 aliphatic rings. The Morgan fingerprint density at radius 3 is 2.62 bits per heavy atom. The number of rotatable bonds is 0. The van der Waals surface area contributed by atoms with E-state index in [4.69, 9.17) is 9.78 Å². The summed E-state index contributed by atoms with van der Waals surface area (Å²) >= 11 is 0. The summed E-state index contributed by atoms with van der Waals surface area (Å²) < 4.78 is 0. The molecule has 3 nitrogen and oxygen atoms in total. The second-order valence-electron chi connectivity index (χ2n) is 4.98. The number of hydrogen-bond donors (Lipinski definition) is 0. The smallest absolute Gasteiger partial charge is 0.141 e. The summed E-state index contributed by atoms with van der Waals surface area (Å²) in [6.45, 7) is 7.27. The highest BCUT2D eigenvalue weighted by atomic mass is 17.5. The highest BCUT2D eigenvalue weighted by Crippen LogP contribution is 2.51. The molecule has 1 aliphatic heterocycles. The van der Waals surface area contributed by atoms with Gasteiger partial charge in [-0.25, -0.2) is 4.89 Å². The summed E-state index contributed by atoms with van der Waals surface area (Å²) in [6, 6.07) is 0. The van der Waals surface area contributed by atoms with Crippen LogP contribution in [0.3, 0.4) is 0 Å². The maximum atomic E-state index is 5.39. The van der Waals surface area contributed by atoms with Crippen LogP contribution < -0.4 is 0 Å². The highest BCUT2D eigenvalue weighted by molar-refractivity contribution is 5.01. The molecule has 0 radical (unpaired) electrons. The van der Waals surface area contributed by atoms with Gasteiger partial charge in [-0.1, -0.05) is 32.2 Å². The fraction of sp³-hybridized carbons (Fsp3) is 1.00. The van der Waals surface area contributed by atoms with Crippen LogP contribution in [0.1, 0.15) is 40.0 Å². The fourth-order valence-electron chi connectivity index (χ4n) is 2.71.